The molecular weight excluding hydrogens is 540 g/mol. The monoisotopic (exact) mass is 574 g/mol. The van der Waals surface area contributed by atoms with Crippen LogP contribution in [0.15, 0.2) is 120 Å². The van der Waals surface area contributed by atoms with Gasteiger partial charge in [-0.25, -0.2) is 10.1 Å². The first-order valence-corrected chi connectivity index (χ1v) is 14.3. The number of hydrazone groups is 1. The number of aromatic nitrogens is 2. The fourth-order valence-corrected chi connectivity index (χ4v) is 4.19. The Labute approximate surface area is 251 Å². The normalized spacial score (nSPS) is 10.9. The van der Waals surface area contributed by atoms with Crippen molar-refractivity contribution < 1.29 is 19.0 Å². The van der Waals surface area contributed by atoms with Gasteiger partial charge in [-0.1, -0.05) is 61.9 Å². The molecule has 5 rings (SSSR count). The molecule has 0 fully saturated rings. The van der Waals surface area contributed by atoms with Crippen molar-refractivity contribution >= 4 is 12.1 Å². The number of nitrogens with one attached hydrogen (secondary N) is 1. The molecule has 0 unspecified atom stereocenters. The molecule has 43 heavy (non-hydrogen) atoms. The summed E-state index contributed by atoms with van der Waals surface area (Å²) < 4.78 is 19.0. The van der Waals surface area contributed by atoms with Crippen LogP contribution in [0.25, 0.3) is 16.9 Å². The lowest BCUT2D eigenvalue weighted by molar-refractivity contribution is -0.123. The number of ether oxygens (including phenoxy) is 3. The Bertz CT molecular complexity index is 1600. The first kappa shape index (κ1) is 29.1. The number of amides is 1. The summed E-state index contributed by atoms with van der Waals surface area (Å²) in [5, 5.41) is 9.00. The number of hydrogen-bond donors (Lipinski definition) is 1. The zero-order valence-electron chi connectivity index (χ0n) is 24.1. The van der Waals surface area contributed by atoms with Crippen LogP contribution in [0.5, 0.6) is 17.2 Å². The van der Waals surface area contributed by atoms with Crippen molar-refractivity contribution in [1.82, 2.24) is 15.2 Å². The highest BCUT2D eigenvalue weighted by Crippen LogP contribution is 2.25. The number of carbonyl (C=O) groups is 1. The van der Waals surface area contributed by atoms with Crippen molar-refractivity contribution in [2.75, 3.05) is 13.2 Å². The van der Waals surface area contributed by atoms with Gasteiger partial charge in [0.2, 0.25) is 0 Å². The predicted molar refractivity (Wildman–Crippen MR) is 168 cm³/mol. The zero-order chi connectivity index (χ0) is 29.7. The van der Waals surface area contributed by atoms with E-state index < -0.39 is 0 Å². The lowest BCUT2D eigenvalue weighted by Crippen LogP contribution is -2.24. The van der Waals surface area contributed by atoms with Crippen molar-refractivity contribution in [3.8, 4) is 34.2 Å². The molecule has 8 heteroatoms. The van der Waals surface area contributed by atoms with Crippen LogP contribution >= 0.6 is 0 Å². The molecule has 0 atom stereocenters. The summed E-state index contributed by atoms with van der Waals surface area (Å²) in [4.78, 5) is 12.4. The fraction of sp³-hybridized carbons (Fsp3) is 0.171. The standard InChI is InChI=1S/C35H34N4O4/c1-2-3-22-41-31-18-20-33(21-19-31)43-26-34(40)37-36-23-29-24-39(30-12-8-5-9-13-30)38-35(29)28-14-16-32(17-15-28)42-25-27-10-6-4-7-11-27/h4-21,23-24H,2-3,22,25-26H2,1H3,(H,37,40)/b36-23+. The number of hydrogen-bond acceptors (Lipinski definition) is 6. The van der Waals surface area contributed by atoms with E-state index in [1.54, 1.807) is 23.0 Å². The summed E-state index contributed by atoms with van der Waals surface area (Å²) in [6.07, 6.45) is 5.54. The lowest BCUT2D eigenvalue weighted by Gasteiger charge is -2.08. The molecule has 1 aromatic heterocycles. The van der Waals surface area contributed by atoms with Gasteiger partial charge in [0.05, 0.1) is 18.5 Å². The second-order valence-electron chi connectivity index (χ2n) is 9.77. The third-order valence-corrected chi connectivity index (χ3v) is 6.49. The Balaban J connectivity index is 1.22. The van der Waals surface area contributed by atoms with Crippen LogP contribution in [0, 0.1) is 0 Å². The van der Waals surface area contributed by atoms with Gasteiger partial charge in [-0.2, -0.15) is 10.2 Å². The molecule has 0 spiro atoms. The van der Waals surface area contributed by atoms with Crippen LogP contribution in [-0.2, 0) is 11.4 Å². The second-order valence-corrected chi connectivity index (χ2v) is 9.77. The largest absolute Gasteiger partial charge is 0.494 e. The average molecular weight is 575 g/mol. The number of unbranched alkanes of at least 4 members (excludes halogenated alkanes) is 1. The van der Waals surface area contributed by atoms with Gasteiger partial charge in [0.25, 0.3) is 5.91 Å². The highest BCUT2D eigenvalue weighted by molar-refractivity contribution is 5.89. The second kappa shape index (κ2) is 15.0. The van der Waals surface area contributed by atoms with Crippen molar-refractivity contribution in [1.29, 1.82) is 0 Å². The molecule has 1 N–H and O–H groups in total. The molecule has 0 saturated heterocycles. The molecule has 1 amide bonds. The van der Waals surface area contributed by atoms with Gasteiger partial charge in [-0.05, 0) is 72.6 Å². The molecule has 5 aromatic rings. The van der Waals surface area contributed by atoms with E-state index in [1.165, 1.54) is 0 Å². The van der Waals surface area contributed by atoms with Gasteiger partial charge in [0.15, 0.2) is 6.61 Å². The minimum Gasteiger partial charge on any atom is -0.494 e. The Morgan fingerprint density at radius 1 is 0.814 bits per heavy atom. The molecule has 0 aliphatic rings. The molecule has 0 bridgehead atoms. The molecule has 0 radical (unpaired) electrons. The maximum Gasteiger partial charge on any atom is 0.277 e. The van der Waals surface area contributed by atoms with Crippen LogP contribution in [-0.4, -0.2) is 35.1 Å². The van der Waals surface area contributed by atoms with Crippen molar-refractivity contribution in [2.24, 2.45) is 5.10 Å². The highest BCUT2D eigenvalue weighted by Gasteiger charge is 2.12. The number of carbonyl (C=O) groups excluding carboxylic acids is 1. The lowest BCUT2D eigenvalue weighted by atomic mass is 10.1. The van der Waals surface area contributed by atoms with Gasteiger partial charge >= 0.3 is 0 Å². The first-order valence-electron chi connectivity index (χ1n) is 14.3. The molecule has 218 valence electrons. The van der Waals surface area contributed by atoms with Crippen molar-refractivity contribution in [3.63, 3.8) is 0 Å². The number of nitrogens with zero attached hydrogens (tertiary/aromatic N) is 3. The van der Waals surface area contributed by atoms with E-state index in [0.29, 0.717) is 24.7 Å². The summed E-state index contributed by atoms with van der Waals surface area (Å²) >= 11 is 0. The Hall–Kier alpha value is -5.37. The van der Waals surface area contributed by atoms with Crippen LogP contribution in [0.3, 0.4) is 0 Å². The topological polar surface area (TPSA) is 87.0 Å². The van der Waals surface area contributed by atoms with Crippen LogP contribution in [0.4, 0.5) is 0 Å². The fourth-order valence-electron chi connectivity index (χ4n) is 4.19. The van der Waals surface area contributed by atoms with E-state index in [1.807, 2.05) is 103 Å². The first-order chi connectivity index (χ1) is 21.2. The highest BCUT2D eigenvalue weighted by atomic mass is 16.5. The molecule has 1 heterocycles. The zero-order valence-corrected chi connectivity index (χ0v) is 24.1. The van der Waals surface area contributed by atoms with Gasteiger partial charge in [0, 0.05) is 17.3 Å². The van der Waals surface area contributed by atoms with Gasteiger partial charge < -0.3 is 14.2 Å². The summed E-state index contributed by atoms with van der Waals surface area (Å²) in [6.45, 7) is 3.11. The Morgan fingerprint density at radius 3 is 2.14 bits per heavy atom. The SMILES string of the molecule is CCCCOc1ccc(OCC(=O)N/N=C/c2cn(-c3ccccc3)nc2-c2ccc(OCc3ccccc3)cc2)cc1. The Morgan fingerprint density at radius 2 is 1.44 bits per heavy atom. The summed E-state index contributed by atoms with van der Waals surface area (Å²) in [5.74, 6) is 1.73. The third-order valence-electron chi connectivity index (χ3n) is 6.49. The van der Waals surface area contributed by atoms with E-state index in [0.717, 1.165) is 46.7 Å². The summed E-state index contributed by atoms with van der Waals surface area (Å²) in [7, 11) is 0. The maximum absolute atomic E-state index is 12.4. The molecule has 0 aliphatic carbocycles. The number of benzene rings is 4. The summed E-state index contributed by atoms with van der Waals surface area (Å²) in [5.41, 5.74) is 6.89. The van der Waals surface area contributed by atoms with Crippen LogP contribution in [0.1, 0.15) is 30.9 Å². The average Bonchev–Trinajstić information content (AvgIpc) is 3.49. The quantitative estimate of drug-likeness (QED) is 0.0893. The van der Waals surface area contributed by atoms with E-state index >= 15 is 0 Å². The molecule has 8 nitrogen and oxygen atoms in total. The third kappa shape index (κ3) is 8.56. The van der Waals surface area contributed by atoms with Crippen molar-refractivity contribution in [2.45, 2.75) is 26.4 Å². The summed E-state index contributed by atoms with van der Waals surface area (Å²) in [6, 6.07) is 34.8. The Kier molecular flexibility index (Phi) is 10.2. The van der Waals surface area contributed by atoms with Gasteiger partial charge in [0.1, 0.15) is 29.5 Å². The minimum atomic E-state index is -0.378. The van der Waals surface area contributed by atoms with Crippen LogP contribution in [0.2, 0.25) is 0 Å². The molecule has 4 aromatic carbocycles. The molecule has 0 aliphatic heterocycles. The van der Waals surface area contributed by atoms with Gasteiger partial charge in [-0.3, -0.25) is 4.79 Å². The predicted octanol–water partition coefficient (Wildman–Crippen LogP) is 6.83. The smallest absolute Gasteiger partial charge is 0.277 e. The van der Waals surface area contributed by atoms with E-state index in [9.17, 15) is 4.79 Å². The number of rotatable bonds is 14. The number of para-hydroxylation sites is 1. The molecular formula is C35H34N4O4. The van der Waals surface area contributed by atoms with E-state index in [2.05, 4.69) is 17.5 Å². The van der Waals surface area contributed by atoms with Gasteiger partial charge in [-0.15, -0.1) is 0 Å². The van der Waals surface area contributed by atoms with Crippen molar-refractivity contribution in [3.05, 3.63) is 127 Å². The maximum atomic E-state index is 12.4. The van der Waals surface area contributed by atoms with E-state index in [-0.39, 0.29) is 12.5 Å². The van der Waals surface area contributed by atoms with Crippen LogP contribution < -0.4 is 19.6 Å². The molecule has 0 saturated carbocycles. The van der Waals surface area contributed by atoms with E-state index in [4.69, 9.17) is 19.3 Å². The minimum absolute atomic E-state index is 0.173.